The van der Waals surface area contributed by atoms with Crippen LogP contribution in [0.5, 0.6) is 0 Å². The second-order valence-electron chi connectivity index (χ2n) is 5.15. The summed E-state index contributed by atoms with van der Waals surface area (Å²) in [6, 6.07) is 5.08. The average Bonchev–Trinajstić information content (AvgIpc) is 2.92. The number of nitrogens with zero attached hydrogens (tertiary/aromatic N) is 1. The molecule has 0 bridgehead atoms. The van der Waals surface area contributed by atoms with Crippen LogP contribution >= 0.6 is 0 Å². The molecule has 1 atom stereocenters. The van der Waals surface area contributed by atoms with Crippen LogP contribution in [-0.2, 0) is 0 Å². The van der Waals surface area contributed by atoms with Gasteiger partial charge in [0.1, 0.15) is 0 Å². The zero-order valence-electron chi connectivity index (χ0n) is 11.1. The first-order chi connectivity index (χ1) is 9.10. The molecule has 6 nitrogen and oxygen atoms in total. The Bertz CT molecular complexity index is 458. The number of nitrogen functional groups attached to an aromatic ring is 1. The van der Waals surface area contributed by atoms with Crippen LogP contribution in [0.3, 0.4) is 0 Å². The molecule has 0 saturated heterocycles. The second-order valence-corrected chi connectivity index (χ2v) is 5.15. The van der Waals surface area contributed by atoms with Crippen LogP contribution in [0.15, 0.2) is 18.2 Å². The fraction of sp³-hybridized carbons (Fsp3) is 0.538. The van der Waals surface area contributed by atoms with Crippen molar-refractivity contribution in [1.29, 1.82) is 0 Å². The van der Waals surface area contributed by atoms with E-state index >= 15 is 0 Å². The maximum Gasteiger partial charge on any atom is 0.273 e. The van der Waals surface area contributed by atoms with E-state index < -0.39 is 4.92 Å². The molecule has 6 heteroatoms. The first-order valence-corrected chi connectivity index (χ1v) is 6.63. The first kappa shape index (κ1) is 13.6. The summed E-state index contributed by atoms with van der Waals surface area (Å²) in [5, 5.41) is 14.2. The smallest absolute Gasteiger partial charge is 0.273 e. The molecule has 1 fully saturated rings. The minimum absolute atomic E-state index is 0.0385. The molecule has 0 radical (unpaired) electrons. The number of nitrogens with one attached hydrogen (secondary N) is 2. The molecule has 0 amide bonds. The van der Waals surface area contributed by atoms with Gasteiger partial charge in [-0.1, -0.05) is 12.8 Å². The number of hydrogen-bond donors (Lipinski definition) is 3. The molecule has 0 heterocycles. The van der Waals surface area contributed by atoms with E-state index in [1.165, 1.54) is 31.7 Å². The van der Waals surface area contributed by atoms with Crippen molar-refractivity contribution >= 4 is 17.1 Å². The Labute approximate surface area is 112 Å². The van der Waals surface area contributed by atoms with Crippen LogP contribution in [0.4, 0.5) is 17.1 Å². The van der Waals surface area contributed by atoms with Gasteiger partial charge in [-0.3, -0.25) is 16.0 Å². The number of non-ortho nitro benzene ring substituents is 1. The molecule has 104 valence electrons. The lowest BCUT2D eigenvalue weighted by molar-refractivity contribution is -0.384. The third-order valence-electron chi connectivity index (χ3n) is 3.80. The van der Waals surface area contributed by atoms with E-state index in [4.69, 9.17) is 5.84 Å². The summed E-state index contributed by atoms with van der Waals surface area (Å²) in [4.78, 5) is 10.5. The van der Waals surface area contributed by atoms with Gasteiger partial charge in [0.25, 0.3) is 5.69 Å². The molecule has 0 aliphatic heterocycles. The number of hydrogen-bond acceptors (Lipinski definition) is 5. The van der Waals surface area contributed by atoms with Gasteiger partial charge in [-0.05, 0) is 31.7 Å². The number of benzene rings is 1. The Morgan fingerprint density at radius 2 is 1.95 bits per heavy atom. The van der Waals surface area contributed by atoms with Crippen LogP contribution in [0.1, 0.15) is 32.6 Å². The van der Waals surface area contributed by atoms with E-state index in [0.29, 0.717) is 17.6 Å². The molecule has 1 aromatic rings. The van der Waals surface area contributed by atoms with Crippen molar-refractivity contribution in [3.8, 4) is 0 Å². The van der Waals surface area contributed by atoms with Gasteiger partial charge in [0, 0.05) is 23.9 Å². The zero-order valence-corrected chi connectivity index (χ0v) is 11.1. The number of nitrogens with two attached hydrogens (primary N) is 1. The first-order valence-electron chi connectivity index (χ1n) is 6.63. The number of anilines is 2. The highest BCUT2D eigenvalue weighted by molar-refractivity contribution is 5.63. The molecule has 4 N–H and O–H groups in total. The van der Waals surface area contributed by atoms with Crippen LogP contribution in [0.25, 0.3) is 0 Å². The number of rotatable bonds is 5. The minimum atomic E-state index is -0.410. The van der Waals surface area contributed by atoms with Crippen molar-refractivity contribution in [3.63, 3.8) is 0 Å². The highest BCUT2D eigenvalue weighted by Crippen LogP contribution is 2.31. The summed E-state index contributed by atoms with van der Waals surface area (Å²) in [7, 11) is 0. The lowest BCUT2D eigenvalue weighted by atomic mass is 9.99. The van der Waals surface area contributed by atoms with E-state index in [9.17, 15) is 10.1 Å². The fourth-order valence-electron chi connectivity index (χ4n) is 2.72. The SMILES string of the molecule is CC(Nc1cc(NN)cc([N+](=O)[O-])c1)C1CCCC1. The molecular weight excluding hydrogens is 244 g/mol. The molecule has 1 unspecified atom stereocenters. The summed E-state index contributed by atoms with van der Waals surface area (Å²) < 4.78 is 0. The van der Waals surface area contributed by atoms with Crippen molar-refractivity contribution in [2.75, 3.05) is 10.7 Å². The maximum atomic E-state index is 10.9. The van der Waals surface area contributed by atoms with E-state index in [0.717, 1.165) is 5.69 Å². The molecule has 2 rings (SSSR count). The van der Waals surface area contributed by atoms with Crippen LogP contribution < -0.4 is 16.6 Å². The number of nitro groups is 1. The summed E-state index contributed by atoms with van der Waals surface area (Å²) in [6.45, 7) is 2.13. The van der Waals surface area contributed by atoms with Gasteiger partial charge in [-0.2, -0.15) is 0 Å². The van der Waals surface area contributed by atoms with E-state index in [1.807, 2.05) is 0 Å². The van der Waals surface area contributed by atoms with Crippen LogP contribution in [0.2, 0.25) is 0 Å². The maximum absolute atomic E-state index is 10.9. The number of hydrazine groups is 1. The van der Waals surface area contributed by atoms with Crippen LogP contribution in [-0.4, -0.2) is 11.0 Å². The third kappa shape index (κ3) is 3.35. The quantitative estimate of drug-likeness (QED) is 0.432. The monoisotopic (exact) mass is 264 g/mol. The minimum Gasteiger partial charge on any atom is -0.382 e. The molecule has 1 saturated carbocycles. The van der Waals surface area contributed by atoms with Gasteiger partial charge in [0.15, 0.2) is 0 Å². The van der Waals surface area contributed by atoms with Crippen molar-refractivity contribution in [2.24, 2.45) is 11.8 Å². The molecule has 19 heavy (non-hydrogen) atoms. The summed E-state index contributed by atoms with van der Waals surface area (Å²) in [5.74, 6) is 5.99. The van der Waals surface area contributed by atoms with Gasteiger partial charge < -0.3 is 10.7 Å². The van der Waals surface area contributed by atoms with Crippen molar-refractivity contribution in [2.45, 2.75) is 38.6 Å². The van der Waals surface area contributed by atoms with Gasteiger partial charge in [-0.25, -0.2) is 0 Å². The van der Waals surface area contributed by atoms with Crippen molar-refractivity contribution < 1.29 is 4.92 Å². The predicted molar refractivity (Wildman–Crippen MR) is 75.9 cm³/mol. The highest BCUT2D eigenvalue weighted by atomic mass is 16.6. The standard InChI is InChI=1S/C13H20N4O2/c1-9(10-4-2-3-5-10)15-11-6-12(16-14)8-13(7-11)17(18)19/h6-10,15-16H,2-5,14H2,1H3. The van der Waals surface area contributed by atoms with Gasteiger partial charge in [0.05, 0.1) is 10.6 Å². The number of nitro benzene ring substituents is 1. The predicted octanol–water partition coefficient (Wildman–Crippen LogP) is 2.87. The Balaban J connectivity index is 2.14. The molecule has 0 spiro atoms. The van der Waals surface area contributed by atoms with E-state index in [2.05, 4.69) is 17.7 Å². The Kier molecular flexibility index (Phi) is 4.21. The van der Waals surface area contributed by atoms with Crippen LogP contribution in [0, 0.1) is 16.0 Å². The highest BCUT2D eigenvalue weighted by Gasteiger charge is 2.22. The topological polar surface area (TPSA) is 93.2 Å². The summed E-state index contributed by atoms with van der Waals surface area (Å²) in [6.07, 6.45) is 5.01. The Morgan fingerprint density at radius 3 is 2.53 bits per heavy atom. The van der Waals surface area contributed by atoms with Gasteiger partial charge >= 0.3 is 0 Å². The van der Waals surface area contributed by atoms with Gasteiger partial charge in [-0.15, -0.1) is 0 Å². The van der Waals surface area contributed by atoms with Gasteiger partial charge in [0.2, 0.25) is 0 Å². The molecule has 1 aromatic carbocycles. The average molecular weight is 264 g/mol. The molecule has 1 aliphatic rings. The molecule has 1 aliphatic carbocycles. The normalized spacial score (nSPS) is 17.2. The van der Waals surface area contributed by atoms with E-state index in [1.54, 1.807) is 12.1 Å². The second kappa shape index (κ2) is 5.88. The fourth-order valence-corrected chi connectivity index (χ4v) is 2.72. The van der Waals surface area contributed by atoms with Crippen molar-refractivity contribution in [3.05, 3.63) is 28.3 Å². The van der Waals surface area contributed by atoms with Crippen molar-refractivity contribution in [1.82, 2.24) is 0 Å². The summed E-state index contributed by atoms with van der Waals surface area (Å²) in [5.41, 5.74) is 3.77. The van der Waals surface area contributed by atoms with E-state index in [-0.39, 0.29) is 5.69 Å². The Hall–Kier alpha value is -1.82. The zero-order chi connectivity index (χ0) is 13.8. The largest absolute Gasteiger partial charge is 0.382 e. The Morgan fingerprint density at radius 1 is 1.32 bits per heavy atom. The molecule has 0 aromatic heterocycles. The lowest BCUT2D eigenvalue weighted by Gasteiger charge is -2.21. The summed E-state index contributed by atoms with van der Waals surface area (Å²) >= 11 is 0. The third-order valence-corrected chi connectivity index (χ3v) is 3.80. The molecular formula is C13H20N4O2. The lowest BCUT2D eigenvalue weighted by Crippen LogP contribution is -2.23.